The first-order valence-electron chi connectivity index (χ1n) is 8.83. The average molecular weight is 383 g/mol. The molecule has 0 radical (unpaired) electrons. The van der Waals surface area contributed by atoms with E-state index in [2.05, 4.69) is 0 Å². The van der Waals surface area contributed by atoms with Crippen LogP contribution in [0, 0.1) is 0 Å². The van der Waals surface area contributed by atoms with Crippen molar-refractivity contribution in [2.24, 2.45) is 0 Å². The van der Waals surface area contributed by atoms with Gasteiger partial charge in [0.25, 0.3) is 5.91 Å². The first kappa shape index (κ1) is 21.0. The molecular formula is C22H25NO5. The molecule has 0 aliphatic carbocycles. The predicted octanol–water partition coefficient (Wildman–Crippen LogP) is 3.31. The van der Waals surface area contributed by atoms with E-state index < -0.39 is 12.1 Å². The van der Waals surface area contributed by atoms with Gasteiger partial charge < -0.3 is 19.1 Å². The lowest BCUT2D eigenvalue weighted by molar-refractivity contribution is -0.154. The van der Waals surface area contributed by atoms with Gasteiger partial charge >= 0.3 is 5.97 Å². The lowest BCUT2D eigenvalue weighted by Gasteiger charge is -2.21. The van der Waals surface area contributed by atoms with Crippen molar-refractivity contribution in [3.63, 3.8) is 0 Å². The van der Waals surface area contributed by atoms with Crippen LogP contribution in [0.5, 0.6) is 11.5 Å². The average Bonchev–Trinajstić information content (AvgIpc) is 2.71. The zero-order valence-corrected chi connectivity index (χ0v) is 16.5. The summed E-state index contributed by atoms with van der Waals surface area (Å²) in [6.07, 6.45) is 1.97. The molecule has 0 saturated carbocycles. The molecule has 0 aliphatic rings. The highest BCUT2D eigenvalue weighted by Crippen LogP contribution is 2.23. The van der Waals surface area contributed by atoms with Crippen LogP contribution < -0.4 is 9.47 Å². The van der Waals surface area contributed by atoms with E-state index in [4.69, 9.17) is 14.2 Å². The number of hydrogen-bond acceptors (Lipinski definition) is 5. The molecule has 1 atom stereocenters. The Hall–Kier alpha value is -3.28. The third kappa shape index (κ3) is 6.16. The molecule has 28 heavy (non-hydrogen) atoms. The molecule has 2 aromatic carbocycles. The van der Waals surface area contributed by atoms with Gasteiger partial charge in [-0.3, -0.25) is 4.79 Å². The molecule has 0 N–H and O–H groups in total. The maximum atomic E-state index is 12.4. The van der Waals surface area contributed by atoms with Crippen LogP contribution in [0.15, 0.2) is 54.6 Å². The molecule has 6 heteroatoms. The van der Waals surface area contributed by atoms with Gasteiger partial charge in [-0.2, -0.15) is 0 Å². The van der Waals surface area contributed by atoms with Crippen LogP contribution in [0.2, 0.25) is 0 Å². The number of rotatable bonds is 8. The fourth-order valence-electron chi connectivity index (χ4n) is 2.60. The van der Waals surface area contributed by atoms with Gasteiger partial charge in [-0.25, -0.2) is 4.79 Å². The van der Waals surface area contributed by atoms with E-state index in [1.807, 2.05) is 30.3 Å². The van der Waals surface area contributed by atoms with Crippen molar-refractivity contribution in [3.8, 4) is 11.5 Å². The van der Waals surface area contributed by atoms with Crippen molar-refractivity contribution in [1.82, 2.24) is 4.90 Å². The second-order valence-electron chi connectivity index (χ2n) is 6.24. The highest BCUT2D eigenvalue weighted by molar-refractivity contribution is 5.90. The summed E-state index contributed by atoms with van der Waals surface area (Å²) >= 11 is 0. The number of carbonyl (C=O) groups is 2. The summed E-state index contributed by atoms with van der Waals surface area (Å²) in [4.78, 5) is 26.0. The number of methoxy groups -OCH3 is 2. The quantitative estimate of drug-likeness (QED) is 0.517. The van der Waals surface area contributed by atoms with Crippen LogP contribution in [0.3, 0.4) is 0 Å². The summed E-state index contributed by atoms with van der Waals surface area (Å²) in [6, 6.07) is 14.9. The van der Waals surface area contributed by atoms with Gasteiger partial charge in [-0.1, -0.05) is 30.3 Å². The van der Waals surface area contributed by atoms with Crippen molar-refractivity contribution in [3.05, 3.63) is 65.7 Å². The Bertz CT molecular complexity index is 810. The van der Waals surface area contributed by atoms with E-state index in [9.17, 15) is 9.59 Å². The fourth-order valence-corrected chi connectivity index (χ4v) is 2.60. The molecular weight excluding hydrogens is 358 g/mol. The molecule has 2 aromatic rings. The minimum atomic E-state index is -0.884. The molecule has 0 unspecified atom stereocenters. The number of carbonyl (C=O) groups excluding carboxylic acids is 2. The number of esters is 1. The Balaban J connectivity index is 1.94. The summed E-state index contributed by atoms with van der Waals surface area (Å²) in [5.74, 6) is 0.348. The smallest absolute Gasteiger partial charge is 0.331 e. The van der Waals surface area contributed by atoms with Crippen molar-refractivity contribution in [2.75, 3.05) is 21.3 Å². The molecule has 1 amide bonds. The van der Waals surface area contributed by atoms with Crippen LogP contribution >= 0.6 is 0 Å². The summed E-state index contributed by atoms with van der Waals surface area (Å²) in [5.41, 5.74) is 1.72. The van der Waals surface area contributed by atoms with Crippen molar-refractivity contribution < 1.29 is 23.8 Å². The Morgan fingerprint density at radius 3 is 2.21 bits per heavy atom. The lowest BCUT2D eigenvalue weighted by atomic mass is 10.2. The third-order valence-corrected chi connectivity index (χ3v) is 4.07. The Morgan fingerprint density at radius 2 is 1.64 bits per heavy atom. The molecule has 0 aromatic heterocycles. The number of hydrogen-bond donors (Lipinski definition) is 0. The van der Waals surface area contributed by atoms with E-state index in [0.29, 0.717) is 23.6 Å². The van der Waals surface area contributed by atoms with Gasteiger partial charge in [-0.15, -0.1) is 0 Å². The monoisotopic (exact) mass is 383 g/mol. The van der Waals surface area contributed by atoms with E-state index in [0.717, 1.165) is 5.56 Å². The first-order valence-corrected chi connectivity index (χ1v) is 8.83. The van der Waals surface area contributed by atoms with Gasteiger partial charge in [-0.05, 0) is 36.3 Å². The molecule has 0 bridgehead atoms. The molecule has 0 spiro atoms. The normalized spacial score (nSPS) is 11.7. The van der Waals surface area contributed by atoms with Crippen LogP contribution in [0.25, 0.3) is 6.08 Å². The Kier molecular flexibility index (Phi) is 7.63. The minimum absolute atomic E-state index is 0.270. The molecule has 0 saturated heterocycles. The first-order chi connectivity index (χ1) is 13.4. The number of benzene rings is 2. The van der Waals surface area contributed by atoms with Crippen LogP contribution in [-0.2, 0) is 20.9 Å². The van der Waals surface area contributed by atoms with Gasteiger partial charge in [0.15, 0.2) is 6.10 Å². The zero-order chi connectivity index (χ0) is 20.5. The Labute approximate surface area is 165 Å². The van der Waals surface area contributed by atoms with E-state index in [-0.39, 0.29) is 5.91 Å². The third-order valence-electron chi connectivity index (χ3n) is 4.07. The summed E-state index contributed by atoms with van der Waals surface area (Å²) in [6.45, 7) is 2.01. The SMILES string of the molecule is COc1cc(/C=C/C(=O)O[C@H](C)C(=O)N(C)Cc2ccccc2)cc(OC)c1. The van der Waals surface area contributed by atoms with E-state index in [1.165, 1.54) is 11.0 Å². The van der Waals surface area contributed by atoms with Gasteiger partial charge in [0.1, 0.15) is 11.5 Å². The van der Waals surface area contributed by atoms with E-state index >= 15 is 0 Å². The number of nitrogens with zero attached hydrogens (tertiary/aromatic N) is 1. The minimum Gasteiger partial charge on any atom is -0.497 e. The Morgan fingerprint density at radius 1 is 1.04 bits per heavy atom. The number of ether oxygens (including phenoxy) is 3. The van der Waals surface area contributed by atoms with Gasteiger partial charge in [0, 0.05) is 25.7 Å². The topological polar surface area (TPSA) is 65.1 Å². The van der Waals surface area contributed by atoms with Crippen LogP contribution in [-0.4, -0.2) is 44.1 Å². The van der Waals surface area contributed by atoms with Crippen molar-refractivity contribution >= 4 is 18.0 Å². The largest absolute Gasteiger partial charge is 0.497 e. The fraction of sp³-hybridized carbons (Fsp3) is 0.273. The number of likely N-dealkylation sites (N-methyl/N-ethyl adjacent to an activating group) is 1. The second kappa shape index (κ2) is 10.2. The highest BCUT2D eigenvalue weighted by atomic mass is 16.5. The van der Waals surface area contributed by atoms with Crippen molar-refractivity contribution in [2.45, 2.75) is 19.6 Å². The summed E-state index contributed by atoms with van der Waals surface area (Å²) in [5, 5.41) is 0. The maximum absolute atomic E-state index is 12.4. The standard InChI is InChI=1S/C22H25NO5/c1-16(22(25)23(2)15-17-8-6-5-7-9-17)28-21(24)11-10-18-12-19(26-3)14-20(13-18)27-4/h5-14,16H,15H2,1-4H3/b11-10+/t16-/m1/s1. The van der Waals surface area contributed by atoms with Crippen molar-refractivity contribution in [1.29, 1.82) is 0 Å². The molecule has 6 nitrogen and oxygen atoms in total. The predicted molar refractivity (Wildman–Crippen MR) is 107 cm³/mol. The van der Waals surface area contributed by atoms with E-state index in [1.54, 1.807) is 52.5 Å². The highest BCUT2D eigenvalue weighted by Gasteiger charge is 2.20. The van der Waals surface area contributed by atoms with Crippen LogP contribution in [0.1, 0.15) is 18.1 Å². The summed E-state index contributed by atoms with van der Waals surface area (Å²) < 4.78 is 15.6. The molecule has 2 rings (SSSR count). The van der Waals surface area contributed by atoms with Crippen LogP contribution in [0.4, 0.5) is 0 Å². The second-order valence-corrected chi connectivity index (χ2v) is 6.24. The lowest BCUT2D eigenvalue weighted by Crippen LogP contribution is -2.36. The number of amides is 1. The molecule has 0 aliphatic heterocycles. The van der Waals surface area contributed by atoms with Gasteiger partial charge in [0.2, 0.25) is 0 Å². The molecule has 148 valence electrons. The van der Waals surface area contributed by atoms with Gasteiger partial charge in [0.05, 0.1) is 14.2 Å². The summed E-state index contributed by atoms with van der Waals surface area (Å²) in [7, 11) is 4.78. The maximum Gasteiger partial charge on any atom is 0.331 e. The molecule has 0 fully saturated rings. The zero-order valence-electron chi connectivity index (χ0n) is 16.5. The molecule has 0 heterocycles.